The van der Waals surface area contributed by atoms with E-state index in [0.717, 1.165) is 16.8 Å². The molecule has 2 aliphatic rings. The number of hydrogen-bond donors (Lipinski definition) is 2. The number of rotatable bonds is 7. The van der Waals surface area contributed by atoms with Crippen molar-refractivity contribution >= 4 is 23.3 Å². The number of carbonyl (C=O) groups is 1. The standard InChI is InChI=1S/C29H25FN4O4/c1-4-16-8-10-19-21(12-16)27(25-22(30)6-5-7-23(25)37-2)31-14-17-15-32-29(34-26(17)19)33-18-9-11-20(28(35)36)24(13-18)38-3/h4-13,15,19,21H,1,14H2,2-3H3,(H,35,36)(H,32,33,34). The largest absolute Gasteiger partial charge is 0.496 e. The molecule has 2 aromatic carbocycles. The minimum Gasteiger partial charge on any atom is -0.496 e. The monoisotopic (exact) mass is 512 g/mol. The summed E-state index contributed by atoms with van der Waals surface area (Å²) in [4.78, 5) is 25.5. The van der Waals surface area contributed by atoms with E-state index in [1.165, 1.54) is 26.4 Å². The molecule has 8 nitrogen and oxygen atoms in total. The average molecular weight is 513 g/mol. The second-order valence-electron chi connectivity index (χ2n) is 8.75. The summed E-state index contributed by atoms with van der Waals surface area (Å²) < 4.78 is 25.9. The van der Waals surface area contributed by atoms with Gasteiger partial charge < -0.3 is 19.9 Å². The van der Waals surface area contributed by atoms with E-state index >= 15 is 4.39 Å². The Hall–Kier alpha value is -4.79. The van der Waals surface area contributed by atoms with Gasteiger partial charge in [0.2, 0.25) is 5.95 Å². The highest BCUT2D eigenvalue weighted by Gasteiger charge is 2.35. The SMILES string of the molecule is C=CC1=CC2C(c3c(F)cccc3OC)=NCc3cnc(Nc4ccc(C(=O)O)c(OC)c4)nc3C2C=C1. The molecular weight excluding hydrogens is 487 g/mol. The number of nitrogens with zero attached hydrogens (tertiary/aromatic N) is 3. The summed E-state index contributed by atoms with van der Waals surface area (Å²) >= 11 is 0. The van der Waals surface area contributed by atoms with E-state index < -0.39 is 11.8 Å². The summed E-state index contributed by atoms with van der Waals surface area (Å²) in [7, 11) is 2.92. The first-order valence-electron chi connectivity index (χ1n) is 11.9. The van der Waals surface area contributed by atoms with Crippen LogP contribution in [0.3, 0.4) is 0 Å². The molecule has 1 aliphatic carbocycles. The van der Waals surface area contributed by atoms with Crippen LogP contribution in [-0.2, 0) is 6.54 Å². The lowest BCUT2D eigenvalue weighted by molar-refractivity contribution is 0.0693. The minimum atomic E-state index is -1.08. The van der Waals surface area contributed by atoms with E-state index in [-0.39, 0.29) is 29.7 Å². The van der Waals surface area contributed by atoms with Crippen molar-refractivity contribution in [1.82, 2.24) is 9.97 Å². The molecule has 0 amide bonds. The second-order valence-corrected chi connectivity index (χ2v) is 8.75. The molecular formula is C29H25FN4O4. The van der Waals surface area contributed by atoms with Gasteiger partial charge in [-0.25, -0.2) is 19.2 Å². The Morgan fingerprint density at radius 2 is 2.00 bits per heavy atom. The van der Waals surface area contributed by atoms with Gasteiger partial charge in [0.15, 0.2) is 0 Å². The van der Waals surface area contributed by atoms with Crippen molar-refractivity contribution in [2.45, 2.75) is 12.5 Å². The molecule has 38 heavy (non-hydrogen) atoms. The van der Waals surface area contributed by atoms with Crippen LogP contribution in [0.25, 0.3) is 0 Å². The molecule has 1 aliphatic heterocycles. The van der Waals surface area contributed by atoms with Crippen LogP contribution in [0.1, 0.15) is 33.1 Å². The van der Waals surface area contributed by atoms with Gasteiger partial charge >= 0.3 is 5.97 Å². The van der Waals surface area contributed by atoms with Crippen LogP contribution in [0.5, 0.6) is 11.5 Å². The quantitative estimate of drug-likeness (QED) is 0.433. The first-order valence-corrected chi connectivity index (χ1v) is 11.9. The summed E-state index contributed by atoms with van der Waals surface area (Å²) in [5.74, 6) is -1.12. The van der Waals surface area contributed by atoms with E-state index in [4.69, 9.17) is 19.5 Å². The summed E-state index contributed by atoms with van der Waals surface area (Å²) in [6.07, 6.45) is 9.45. The topological polar surface area (TPSA) is 106 Å². The fraction of sp³-hybridized carbons (Fsp3) is 0.172. The number of methoxy groups -OCH3 is 2. The van der Waals surface area contributed by atoms with Gasteiger partial charge in [0.25, 0.3) is 0 Å². The zero-order chi connectivity index (χ0) is 26.8. The van der Waals surface area contributed by atoms with Crippen molar-refractivity contribution < 1.29 is 23.8 Å². The molecule has 0 saturated carbocycles. The minimum absolute atomic E-state index is 0.0501. The van der Waals surface area contributed by atoms with Gasteiger partial charge in [0.1, 0.15) is 22.9 Å². The third-order valence-electron chi connectivity index (χ3n) is 6.58. The number of ether oxygens (including phenoxy) is 2. The molecule has 9 heteroatoms. The van der Waals surface area contributed by atoms with Gasteiger partial charge in [-0.05, 0) is 29.8 Å². The molecule has 3 aromatic rings. The molecule has 2 unspecified atom stereocenters. The molecule has 1 aromatic heterocycles. The lowest BCUT2D eigenvalue weighted by Crippen LogP contribution is -2.24. The number of fused-ring (bicyclic) bond motifs is 3. The summed E-state index contributed by atoms with van der Waals surface area (Å²) in [5, 5.41) is 12.5. The number of halogens is 1. The van der Waals surface area contributed by atoms with Gasteiger partial charge in [-0.1, -0.05) is 36.9 Å². The lowest BCUT2D eigenvalue weighted by atomic mass is 9.78. The number of aliphatic imine (C=N–C) groups is 1. The summed E-state index contributed by atoms with van der Waals surface area (Å²) in [6.45, 7) is 4.16. The van der Waals surface area contributed by atoms with E-state index in [9.17, 15) is 9.90 Å². The molecule has 0 radical (unpaired) electrons. The molecule has 2 atom stereocenters. The van der Waals surface area contributed by atoms with Gasteiger partial charge in [-0.2, -0.15) is 0 Å². The number of hydrogen-bond acceptors (Lipinski definition) is 7. The zero-order valence-electron chi connectivity index (χ0n) is 20.8. The van der Waals surface area contributed by atoms with Gasteiger partial charge in [0, 0.05) is 35.3 Å². The molecule has 0 bridgehead atoms. The normalized spacial score (nSPS) is 17.8. The maximum Gasteiger partial charge on any atom is 0.339 e. The van der Waals surface area contributed by atoms with Crippen molar-refractivity contribution in [3.8, 4) is 11.5 Å². The predicted octanol–water partition coefficient (Wildman–Crippen LogP) is 5.46. The van der Waals surface area contributed by atoms with Crippen LogP contribution in [-0.4, -0.2) is 41.0 Å². The summed E-state index contributed by atoms with van der Waals surface area (Å²) in [5.41, 5.74) is 3.98. The van der Waals surface area contributed by atoms with Gasteiger partial charge in [-0.15, -0.1) is 0 Å². The smallest absolute Gasteiger partial charge is 0.339 e. The molecule has 0 fully saturated rings. The first-order chi connectivity index (χ1) is 18.4. The Balaban J connectivity index is 1.55. The van der Waals surface area contributed by atoms with Crippen molar-refractivity contribution in [3.63, 3.8) is 0 Å². The number of aromatic carboxylic acids is 1. The number of carboxylic acid groups (broad SMARTS) is 1. The number of anilines is 2. The van der Waals surface area contributed by atoms with Crippen molar-refractivity contribution in [2.75, 3.05) is 19.5 Å². The van der Waals surface area contributed by atoms with Crippen molar-refractivity contribution in [2.24, 2.45) is 10.9 Å². The van der Waals surface area contributed by atoms with Gasteiger partial charge in [0.05, 0.1) is 37.7 Å². The first kappa shape index (κ1) is 24.9. The fourth-order valence-electron chi connectivity index (χ4n) is 4.76. The number of aromatic nitrogens is 2. The maximum absolute atomic E-state index is 15.2. The summed E-state index contributed by atoms with van der Waals surface area (Å²) in [6, 6.07) is 9.37. The average Bonchev–Trinajstić information content (AvgIpc) is 3.08. The van der Waals surface area contributed by atoms with Crippen molar-refractivity contribution in [1.29, 1.82) is 0 Å². The molecule has 2 heterocycles. The van der Waals surface area contributed by atoms with E-state index in [1.807, 2.05) is 18.2 Å². The Morgan fingerprint density at radius 3 is 2.74 bits per heavy atom. The molecule has 0 saturated heterocycles. The lowest BCUT2D eigenvalue weighted by Gasteiger charge is -2.27. The highest BCUT2D eigenvalue weighted by atomic mass is 19.1. The number of allylic oxidation sites excluding steroid dienone is 5. The second kappa shape index (κ2) is 10.3. The Morgan fingerprint density at radius 1 is 1.18 bits per heavy atom. The number of nitrogens with one attached hydrogen (secondary N) is 1. The molecule has 0 spiro atoms. The Labute approximate surface area is 218 Å². The van der Waals surface area contributed by atoms with Crippen LogP contribution in [0.4, 0.5) is 16.0 Å². The molecule has 2 N–H and O–H groups in total. The van der Waals surface area contributed by atoms with Crippen LogP contribution in [0.2, 0.25) is 0 Å². The molecule has 5 rings (SSSR count). The van der Waals surface area contributed by atoms with E-state index in [2.05, 4.69) is 16.9 Å². The zero-order valence-corrected chi connectivity index (χ0v) is 20.8. The van der Waals surface area contributed by atoms with Crippen LogP contribution in [0.15, 0.2) is 84.0 Å². The van der Waals surface area contributed by atoms with E-state index in [1.54, 1.807) is 36.5 Å². The number of carboxylic acids is 1. The molecule has 192 valence electrons. The van der Waals surface area contributed by atoms with Crippen molar-refractivity contribution in [3.05, 3.63) is 107 Å². The van der Waals surface area contributed by atoms with E-state index in [0.29, 0.717) is 28.7 Å². The van der Waals surface area contributed by atoms with Crippen LogP contribution < -0.4 is 14.8 Å². The number of benzene rings is 2. The van der Waals surface area contributed by atoms with Crippen LogP contribution >= 0.6 is 0 Å². The Kier molecular flexibility index (Phi) is 6.74. The highest BCUT2D eigenvalue weighted by molar-refractivity contribution is 6.07. The third kappa shape index (κ3) is 4.54. The van der Waals surface area contributed by atoms with Gasteiger partial charge in [-0.3, -0.25) is 4.99 Å². The predicted molar refractivity (Wildman–Crippen MR) is 142 cm³/mol. The third-order valence-corrected chi connectivity index (χ3v) is 6.58. The highest BCUT2D eigenvalue weighted by Crippen LogP contribution is 2.40. The fourth-order valence-corrected chi connectivity index (χ4v) is 4.76. The maximum atomic E-state index is 15.2. The Bertz CT molecular complexity index is 1530. The van der Waals surface area contributed by atoms with Crippen LogP contribution in [0, 0.1) is 11.7 Å².